The molecular formula is C17H24N2O3S. The molecule has 6 heteroatoms. The van der Waals surface area contributed by atoms with Gasteiger partial charge in [0.1, 0.15) is 6.04 Å². The number of β-amino-alcohol motifs (C(OH)–C–C–N with tert-alkyl or cyclic N) is 1. The third-order valence-electron chi connectivity index (χ3n) is 5.01. The highest BCUT2D eigenvalue weighted by molar-refractivity contribution is 7.10. The van der Waals surface area contributed by atoms with Gasteiger partial charge in [-0.05, 0) is 30.7 Å². The van der Waals surface area contributed by atoms with Crippen LogP contribution in [0.25, 0.3) is 0 Å². The van der Waals surface area contributed by atoms with Crippen LogP contribution in [0.2, 0.25) is 0 Å². The number of hydrogen-bond acceptors (Lipinski definition) is 4. The molecule has 2 aliphatic rings. The van der Waals surface area contributed by atoms with E-state index in [4.69, 9.17) is 0 Å². The molecule has 0 aliphatic carbocycles. The van der Waals surface area contributed by atoms with E-state index < -0.39 is 6.10 Å². The second-order valence-electron chi connectivity index (χ2n) is 6.48. The average molecular weight is 336 g/mol. The molecule has 0 radical (unpaired) electrons. The first-order valence-corrected chi connectivity index (χ1v) is 9.26. The van der Waals surface area contributed by atoms with Crippen LogP contribution >= 0.6 is 11.3 Å². The smallest absolute Gasteiger partial charge is 0.245 e. The number of hydrogen-bond donors (Lipinski definition) is 1. The Hall–Kier alpha value is -1.40. The van der Waals surface area contributed by atoms with Gasteiger partial charge < -0.3 is 14.9 Å². The highest BCUT2D eigenvalue weighted by Crippen LogP contribution is 2.26. The van der Waals surface area contributed by atoms with Crippen LogP contribution < -0.4 is 0 Å². The predicted molar refractivity (Wildman–Crippen MR) is 89.1 cm³/mol. The number of carbonyl (C=O) groups is 2. The Morgan fingerprint density at radius 2 is 2.22 bits per heavy atom. The van der Waals surface area contributed by atoms with Crippen molar-refractivity contribution in [3.63, 3.8) is 0 Å². The number of thiophene rings is 1. The van der Waals surface area contributed by atoms with Gasteiger partial charge in [0.2, 0.25) is 11.8 Å². The van der Waals surface area contributed by atoms with Crippen molar-refractivity contribution in [2.45, 2.75) is 44.8 Å². The van der Waals surface area contributed by atoms with Crippen LogP contribution in [0.15, 0.2) is 17.5 Å². The number of carbonyl (C=O) groups excluding carboxylic acids is 2. The maximum Gasteiger partial charge on any atom is 0.245 e. The zero-order chi connectivity index (χ0) is 16.4. The SMILES string of the molecule is CC[C@@H]1CN(C(=O)[C@H]2CCCN2C(=O)Cc2cccs2)C[C@@H]1O. The van der Waals surface area contributed by atoms with Gasteiger partial charge in [-0.15, -0.1) is 11.3 Å². The Kier molecular flexibility index (Phi) is 5.02. The van der Waals surface area contributed by atoms with Gasteiger partial charge in [0.15, 0.2) is 0 Å². The molecule has 2 saturated heterocycles. The van der Waals surface area contributed by atoms with Crippen LogP contribution in [0.5, 0.6) is 0 Å². The zero-order valence-electron chi connectivity index (χ0n) is 13.5. The van der Waals surface area contributed by atoms with Gasteiger partial charge in [0, 0.05) is 30.4 Å². The van der Waals surface area contributed by atoms with Gasteiger partial charge in [-0.1, -0.05) is 13.0 Å². The van der Waals surface area contributed by atoms with E-state index in [1.165, 1.54) is 0 Å². The number of aliphatic hydroxyl groups excluding tert-OH is 1. The lowest BCUT2D eigenvalue weighted by atomic mass is 10.0. The number of nitrogens with zero attached hydrogens (tertiary/aromatic N) is 2. The second kappa shape index (κ2) is 7.01. The number of amides is 2. The zero-order valence-corrected chi connectivity index (χ0v) is 14.3. The van der Waals surface area contributed by atoms with Gasteiger partial charge in [-0.2, -0.15) is 0 Å². The van der Waals surface area contributed by atoms with Gasteiger partial charge in [-0.25, -0.2) is 0 Å². The molecule has 3 atom stereocenters. The maximum absolute atomic E-state index is 12.8. The van der Waals surface area contributed by atoms with Crippen LogP contribution in [0.1, 0.15) is 31.1 Å². The van der Waals surface area contributed by atoms with Crippen molar-refractivity contribution < 1.29 is 14.7 Å². The largest absolute Gasteiger partial charge is 0.391 e. The van der Waals surface area contributed by atoms with Crippen LogP contribution in [0.4, 0.5) is 0 Å². The first-order valence-electron chi connectivity index (χ1n) is 8.38. The molecule has 2 aliphatic heterocycles. The number of likely N-dealkylation sites (tertiary alicyclic amines) is 2. The summed E-state index contributed by atoms with van der Waals surface area (Å²) in [6, 6.07) is 3.56. The Bertz CT molecular complexity index is 560. The molecule has 2 fully saturated rings. The molecule has 0 bridgehead atoms. The molecule has 23 heavy (non-hydrogen) atoms. The Morgan fingerprint density at radius 3 is 2.87 bits per heavy atom. The van der Waals surface area contributed by atoms with Gasteiger partial charge in [-0.3, -0.25) is 9.59 Å². The standard InChI is InChI=1S/C17H24N2O3S/c1-2-12-10-18(11-15(12)20)17(22)14-6-3-7-19(14)16(21)9-13-5-4-8-23-13/h4-5,8,12,14-15,20H,2-3,6-7,9-11H2,1H3/t12-,14-,15+/m1/s1. The van der Waals surface area contributed by atoms with Crippen molar-refractivity contribution in [1.29, 1.82) is 0 Å². The molecule has 1 aromatic heterocycles. The lowest BCUT2D eigenvalue weighted by Crippen LogP contribution is -2.47. The lowest BCUT2D eigenvalue weighted by Gasteiger charge is -2.28. The van der Waals surface area contributed by atoms with Crippen LogP contribution in [-0.2, 0) is 16.0 Å². The van der Waals surface area contributed by atoms with Crippen molar-refractivity contribution in [3.05, 3.63) is 22.4 Å². The van der Waals surface area contributed by atoms with E-state index in [9.17, 15) is 14.7 Å². The molecule has 5 nitrogen and oxygen atoms in total. The first-order chi connectivity index (χ1) is 11.1. The molecule has 1 aromatic rings. The fourth-order valence-corrected chi connectivity index (χ4v) is 4.33. The van der Waals surface area contributed by atoms with Crippen LogP contribution in [0, 0.1) is 5.92 Å². The van der Waals surface area contributed by atoms with Crippen LogP contribution in [-0.4, -0.2) is 58.5 Å². The van der Waals surface area contributed by atoms with E-state index in [0.717, 1.165) is 24.1 Å². The van der Waals surface area contributed by atoms with Gasteiger partial charge >= 0.3 is 0 Å². The van der Waals surface area contributed by atoms with Gasteiger partial charge in [0.05, 0.1) is 12.5 Å². The van der Waals surface area contributed by atoms with E-state index in [1.807, 2.05) is 24.4 Å². The van der Waals surface area contributed by atoms with Crippen molar-refractivity contribution >= 4 is 23.2 Å². The third-order valence-corrected chi connectivity index (χ3v) is 5.88. The molecule has 0 unspecified atom stereocenters. The van der Waals surface area contributed by atoms with Crippen molar-refractivity contribution in [1.82, 2.24) is 9.80 Å². The minimum absolute atomic E-state index is 0.0111. The van der Waals surface area contributed by atoms with Crippen molar-refractivity contribution in [2.24, 2.45) is 5.92 Å². The summed E-state index contributed by atoms with van der Waals surface area (Å²) in [7, 11) is 0. The second-order valence-corrected chi connectivity index (χ2v) is 7.51. The predicted octanol–water partition coefficient (Wildman–Crippen LogP) is 1.51. The topological polar surface area (TPSA) is 60.9 Å². The summed E-state index contributed by atoms with van der Waals surface area (Å²) in [5.41, 5.74) is 0. The summed E-state index contributed by atoms with van der Waals surface area (Å²) >= 11 is 1.57. The molecule has 0 aromatic carbocycles. The lowest BCUT2D eigenvalue weighted by molar-refractivity contribution is -0.143. The third kappa shape index (κ3) is 3.43. The summed E-state index contributed by atoms with van der Waals surface area (Å²) in [5, 5.41) is 12.0. The quantitative estimate of drug-likeness (QED) is 0.907. The number of rotatable bonds is 4. The molecule has 126 valence electrons. The Labute approximate surface area is 140 Å². The minimum Gasteiger partial charge on any atom is -0.391 e. The fourth-order valence-electron chi connectivity index (χ4n) is 3.63. The van der Waals surface area contributed by atoms with Crippen LogP contribution in [0.3, 0.4) is 0 Å². The maximum atomic E-state index is 12.8. The highest BCUT2D eigenvalue weighted by atomic mass is 32.1. The molecule has 3 rings (SSSR count). The summed E-state index contributed by atoms with van der Waals surface area (Å²) in [5.74, 6) is 0.211. The molecule has 0 saturated carbocycles. The van der Waals surface area contributed by atoms with Crippen molar-refractivity contribution in [2.75, 3.05) is 19.6 Å². The molecular weight excluding hydrogens is 312 g/mol. The van der Waals surface area contributed by atoms with E-state index in [1.54, 1.807) is 21.1 Å². The summed E-state index contributed by atoms with van der Waals surface area (Å²) in [6.45, 7) is 3.71. The monoisotopic (exact) mass is 336 g/mol. The number of aliphatic hydroxyl groups is 1. The molecule has 2 amide bonds. The summed E-state index contributed by atoms with van der Waals surface area (Å²) in [4.78, 5) is 29.9. The van der Waals surface area contributed by atoms with E-state index in [2.05, 4.69) is 0 Å². The summed E-state index contributed by atoms with van der Waals surface area (Å²) in [6.07, 6.45) is 2.43. The van der Waals surface area contributed by atoms with E-state index in [0.29, 0.717) is 26.1 Å². The molecule has 0 spiro atoms. The average Bonchev–Trinajstić information content (AvgIpc) is 3.26. The van der Waals surface area contributed by atoms with Gasteiger partial charge in [0.25, 0.3) is 0 Å². The fraction of sp³-hybridized carbons (Fsp3) is 0.647. The Balaban J connectivity index is 1.64. The summed E-state index contributed by atoms with van der Waals surface area (Å²) < 4.78 is 0. The Morgan fingerprint density at radius 1 is 1.39 bits per heavy atom. The van der Waals surface area contributed by atoms with Crippen molar-refractivity contribution in [3.8, 4) is 0 Å². The first kappa shape index (κ1) is 16.5. The molecule has 1 N–H and O–H groups in total. The minimum atomic E-state index is -0.430. The normalized spacial score (nSPS) is 27.7. The van der Waals surface area contributed by atoms with E-state index in [-0.39, 0.29) is 23.8 Å². The highest BCUT2D eigenvalue weighted by Gasteiger charge is 2.40. The van der Waals surface area contributed by atoms with E-state index >= 15 is 0 Å². The molecule has 3 heterocycles.